The summed E-state index contributed by atoms with van der Waals surface area (Å²) in [5, 5.41) is 1.73. The van der Waals surface area contributed by atoms with Crippen LogP contribution in [-0.4, -0.2) is 17.2 Å². The van der Waals surface area contributed by atoms with Gasteiger partial charge in [0.05, 0.1) is 5.69 Å². The Balaban J connectivity index is 2.60. The third-order valence-corrected chi connectivity index (χ3v) is 2.14. The van der Waals surface area contributed by atoms with Crippen LogP contribution in [0.4, 0.5) is 18.3 Å². The molecule has 0 aliphatic rings. The summed E-state index contributed by atoms with van der Waals surface area (Å²) in [4.78, 5) is 3.68. The van der Waals surface area contributed by atoms with Gasteiger partial charge < -0.3 is 11.5 Å². The molecule has 4 N–H and O–H groups in total. The predicted molar refractivity (Wildman–Crippen MR) is 44.3 cm³/mol. The van der Waals surface area contributed by atoms with Crippen molar-refractivity contribution < 1.29 is 13.2 Å². The van der Waals surface area contributed by atoms with Gasteiger partial charge in [-0.05, 0) is 0 Å². The van der Waals surface area contributed by atoms with E-state index in [-0.39, 0.29) is 17.2 Å². The molecule has 0 fully saturated rings. The van der Waals surface area contributed by atoms with Crippen molar-refractivity contribution in [2.24, 2.45) is 5.73 Å². The highest BCUT2D eigenvalue weighted by atomic mass is 32.1. The van der Waals surface area contributed by atoms with E-state index in [0.29, 0.717) is 0 Å². The molecule has 0 amide bonds. The summed E-state index contributed by atoms with van der Waals surface area (Å²) in [6.07, 6.45) is -4.70. The second-order valence-corrected chi connectivity index (χ2v) is 3.42. The summed E-state index contributed by atoms with van der Waals surface area (Å²) < 4.78 is 35.9. The number of nitrogen functional groups attached to an aromatic ring is 1. The Bertz CT molecular complexity index is 283. The van der Waals surface area contributed by atoms with Crippen LogP contribution in [0.2, 0.25) is 0 Å². The van der Waals surface area contributed by atoms with Gasteiger partial charge in [-0.25, -0.2) is 4.98 Å². The van der Waals surface area contributed by atoms with E-state index in [1.165, 1.54) is 5.38 Å². The minimum Gasteiger partial charge on any atom is -0.375 e. The van der Waals surface area contributed by atoms with E-state index in [9.17, 15) is 13.2 Å². The summed E-state index contributed by atoms with van der Waals surface area (Å²) in [7, 11) is 0. The molecule has 0 aliphatic carbocycles. The zero-order chi connectivity index (χ0) is 10.1. The normalized spacial score (nSPS) is 14.5. The van der Waals surface area contributed by atoms with Crippen molar-refractivity contribution >= 4 is 16.5 Å². The highest BCUT2D eigenvalue weighted by Gasteiger charge is 2.36. The van der Waals surface area contributed by atoms with Crippen LogP contribution in [-0.2, 0) is 6.42 Å². The second kappa shape index (κ2) is 3.51. The third-order valence-electron chi connectivity index (χ3n) is 1.42. The number of alkyl halides is 3. The first-order valence-electron chi connectivity index (χ1n) is 3.42. The summed E-state index contributed by atoms with van der Waals surface area (Å²) >= 11 is 1.10. The van der Waals surface area contributed by atoms with Crippen molar-refractivity contribution in [1.29, 1.82) is 0 Å². The zero-order valence-electron chi connectivity index (χ0n) is 6.51. The van der Waals surface area contributed by atoms with Crippen molar-refractivity contribution in [2.45, 2.75) is 18.6 Å². The van der Waals surface area contributed by atoms with E-state index in [4.69, 9.17) is 11.5 Å². The van der Waals surface area contributed by atoms with E-state index < -0.39 is 12.2 Å². The number of thiazole rings is 1. The van der Waals surface area contributed by atoms with Gasteiger partial charge in [-0.3, -0.25) is 0 Å². The first-order valence-corrected chi connectivity index (χ1v) is 4.29. The fourth-order valence-corrected chi connectivity index (χ4v) is 1.33. The van der Waals surface area contributed by atoms with E-state index in [1.807, 2.05) is 0 Å². The first-order chi connectivity index (χ1) is 5.89. The Morgan fingerprint density at radius 1 is 1.54 bits per heavy atom. The number of nitrogens with two attached hydrogens (primary N) is 2. The van der Waals surface area contributed by atoms with E-state index in [1.54, 1.807) is 0 Å². The summed E-state index contributed by atoms with van der Waals surface area (Å²) in [5.74, 6) is 0. The lowest BCUT2D eigenvalue weighted by atomic mass is 10.2. The van der Waals surface area contributed by atoms with Gasteiger partial charge in [-0.15, -0.1) is 11.3 Å². The van der Waals surface area contributed by atoms with Crippen molar-refractivity contribution in [1.82, 2.24) is 4.98 Å². The van der Waals surface area contributed by atoms with E-state index in [0.717, 1.165) is 11.3 Å². The van der Waals surface area contributed by atoms with Crippen LogP contribution < -0.4 is 11.5 Å². The van der Waals surface area contributed by atoms with Crippen LogP contribution in [0.3, 0.4) is 0 Å². The average Bonchev–Trinajstić information content (AvgIpc) is 2.33. The van der Waals surface area contributed by atoms with Crippen LogP contribution in [0.5, 0.6) is 0 Å². The van der Waals surface area contributed by atoms with Crippen LogP contribution in [0, 0.1) is 0 Å². The number of anilines is 1. The Morgan fingerprint density at radius 3 is 2.54 bits per heavy atom. The zero-order valence-corrected chi connectivity index (χ0v) is 7.32. The molecular weight excluding hydrogens is 203 g/mol. The summed E-state index contributed by atoms with van der Waals surface area (Å²) in [6, 6.07) is -1.87. The molecule has 1 atom stereocenters. The molecular formula is C6H8F3N3S. The Morgan fingerprint density at radius 2 is 2.15 bits per heavy atom. The topological polar surface area (TPSA) is 64.9 Å². The predicted octanol–water partition coefficient (Wildman–Crippen LogP) is 1.16. The van der Waals surface area contributed by atoms with Gasteiger partial charge in [0.2, 0.25) is 0 Å². The molecule has 0 bridgehead atoms. The molecule has 0 saturated carbocycles. The molecule has 0 unspecified atom stereocenters. The lowest BCUT2D eigenvalue weighted by Crippen LogP contribution is -2.39. The Labute approximate surface area is 76.6 Å². The molecule has 0 saturated heterocycles. The molecule has 3 nitrogen and oxygen atoms in total. The highest BCUT2D eigenvalue weighted by Crippen LogP contribution is 2.22. The molecule has 74 valence electrons. The lowest BCUT2D eigenvalue weighted by molar-refractivity contribution is -0.147. The molecule has 0 radical (unpaired) electrons. The molecule has 1 aromatic rings. The Kier molecular flexibility index (Phi) is 2.77. The maximum Gasteiger partial charge on any atom is 0.404 e. The number of halogens is 3. The van der Waals surface area contributed by atoms with Gasteiger partial charge in [0.15, 0.2) is 5.13 Å². The van der Waals surface area contributed by atoms with Gasteiger partial charge >= 0.3 is 6.18 Å². The monoisotopic (exact) mass is 211 g/mol. The number of rotatable bonds is 2. The molecule has 0 aromatic carbocycles. The van der Waals surface area contributed by atoms with Crippen LogP contribution in [0.25, 0.3) is 0 Å². The van der Waals surface area contributed by atoms with Crippen LogP contribution in [0.1, 0.15) is 5.69 Å². The molecule has 13 heavy (non-hydrogen) atoms. The minimum atomic E-state index is -4.38. The fourth-order valence-electron chi connectivity index (χ4n) is 0.757. The van der Waals surface area contributed by atoms with Gasteiger partial charge in [0.1, 0.15) is 6.04 Å². The highest BCUT2D eigenvalue weighted by molar-refractivity contribution is 7.13. The van der Waals surface area contributed by atoms with Crippen molar-refractivity contribution in [3.63, 3.8) is 0 Å². The van der Waals surface area contributed by atoms with Crippen LogP contribution in [0.15, 0.2) is 5.38 Å². The standard InChI is InChI=1S/C6H8F3N3S/c7-6(8,9)4(10)1-3-2-13-5(11)12-3/h2,4H,1,10H2,(H2,11,12)/t4-/m1/s1. The van der Waals surface area contributed by atoms with Crippen molar-refractivity contribution in [3.05, 3.63) is 11.1 Å². The SMILES string of the molecule is Nc1nc(C[C@@H](N)C(F)(F)F)cs1. The molecule has 1 aromatic heterocycles. The average molecular weight is 211 g/mol. The van der Waals surface area contributed by atoms with Crippen molar-refractivity contribution in [2.75, 3.05) is 5.73 Å². The molecule has 0 aliphatic heterocycles. The van der Waals surface area contributed by atoms with Gasteiger partial charge in [0, 0.05) is 11.8 Å². The number of nitrogens with zero attached hydrogens (tertiary/aromatic N) is 1. The van der Waals surface area contributed by atoms with Gasteiger partial charge in [-0.2, -0.15) is 13.2 Å². The summed E-state index contributed by atoms with van der Waals surface area (Å²) in [6.45, 7) is 0. The van der Waals surface area contributed by atoms with E-state index >= 15 is 0 Å². The molecule has 1 heterocycles. The summed E-state index contributed by atoms with van der Waals surface area (Å²) in [5.41, 5.74) is 10.4. The maximum atomic E-state index is 12.0. The quantitative estimate of drug-likeness (QED) is 0.771. The molecule has 1 rings (SSSR count). The largest absolute Gasteiger partial charge is 0.404 e. The van der Waals surface area contributed by atoms with Crippen LogP contribution >= 0.6 is 11.3 Å². The number of hydrogen-bond donors (Lipinski definition) is 2. The van der Waals surface area contributed by atoms with E-state index in [2.05, 4.69) is 4.98 Å². The third kappa shape index (κ3) is 2.85. The minimum absolute atomic E-state index is 0.254. The Hall–Kier alpha value is -0.820. The second-order valence-electron chi connectivity index (χ2n) is 2.53. The molecule has 0 spiro atoms. The fraction of sp³-hybridized carbons (Fsp3) is 0.500. The number of aromatic nitrogens is 1. The maximum absolute atomic E-state index is 12.0. The lowest BCUT2D eigenvalue weighted by Gasteiger charge is -2.13. The van der Waals surface area contributed by atoms with Gasteiger partial charge in [-0.1, -0.05) is 0 Å². The number of hydrogen-bond acceptors (Lipinski definition) is 4. The smallest absolute Gasteiger partial charge is 0.375 e. The molecule has 7 heteroatoms. The van der Waals surface area contributed by atoms with Crippen molar-refractivity contribution in [3.8, 4) is 0 Å². The van der Waals surface area contributed by atoms with Gasteiger partial charge in [0.25, 0.3) is 0 Å². The first kappa shape index (κ1) is 10.3.